The Morgan fingerprint density at radius 3 is 2.39 bits per heavy atom. The maximum atomic E-state index is 14.5. The van der Waals surface area contributed by atoms with Crippen molar-refractivity contribution in [2.75, 3.05) is 13.7 Å². The van der Waals surface area contributed by atoms with Crippen molar-refractivity contribution in [3.8, 4) is 0 Å². The van der Waals surface area contributed by atoms with Crippen LogP contribution in [-0.4, -0.2) is 36.7 Å². The van der Waals surface area contributed by atoms with Crippen molar-refractivity contribution in [1.82, 2.24) is 0 Å². The second kappa shape index (κ2) is 8.68. The van der Waals surface area contributed by atoms with Gasteiger partial charge in [0.2, 0.25) is 0 Å². The fraction of sp³-hybridized carbons (Fsp3) is 0.333. The highest BCUT2D eigenvalue weighted by atomic mass is 35.5. The molecule has 0 saturated heterocycles. The number of aliphatic hydroxyl groups excluding tert-OH is 1. The SMILES string of the molecule is COC(=O)c1ccc(C2=NOC(c3cc(Cl)cc(Cl)c3)(C(F)(F)F)C2CCO)cc1C. The maximum Gasteiger partial charge on any atom is 0.436 e. The van der Waals surface area contributed by atoms with E-state index in [-0.39, 0.29) is 33.3 Å². The van der Waals surface area contributed by atoms with Gasteiger partial charge in [-0.05, 0) is 49.2 Å². The Balaban J connectivity index is 2.15. The van der Waals surface area contributed by atoms with Crippen LogP contribution < -0.4 is 0 Å². The molecule has 1 heterocycles. The summed E-state index contributed by atoms with van der Waals surface area (Å²) < 4.78 is 48.2. The minimum Gasteiger partial charge on any atom is -0.465 e. The van der Waals surface area contributed by atoms with Gasteiger partial charge in [0.25, 0.3) is 5.60 Å². The topological polar surface area (TPSA) is 68.1 Å². The fourth-order valence-corrected chi connectivity index (χ4v) is 4.29. The van der Waals surface area contributed by atoms with Crippen molar-refractivity contribution in [2.24, 2.45) is 11.1 Å². The molecule has 166 valence electrons. The number of aliphatic hydroxyl groups is 1. The van der Waals surface area contributed by atoms with Crippen molar-refractivity contribution < 1.29 is 32.6 Å². The van der Waals surface area contributed by atoms with Crippen molar-refractivity contribution in [3.63, 3.8) is 0 Å². The highest BCUT2D eigenvalue weighted by Crippen LogP contribution is 2.53. The molecule has 1 N–H and O–H groups in total. The average molecular weight is 476 g/mol. The summed E-state index contributed by atoms with van der Waals surface area (Å²) in [6.07, 6.45) is -5.20. The molecule has 1 aliphatic heterocycles. The Morgan fingerprint density at radius 2 is 1.87 bits per heavy atom. The Hall–Kier alpha value is -2.29. The zero-order chi connectivity index (χ0) is 23.0. The van der Waals surface area contributed by atoms with Crippen LogP contribution in [0.4, 0.5) is 13.2 Å². The zero-order valence-corrected chi connectivity index (χ0v) is 18.0. The fourth-order valence-electron chi connectivity index (χ4n) is 3.76. The van der Waals surface area contributed by atoms with E-state index in [1.807, 2.05) is 0 Å². The van der Waals surface area contributed by atoms with E-state index in [1.165, 1.54) is 31.4 Å². The molecule has 0 radical (unpaired) electrons. The highest BCUT2D eigenvalue weighted by Gasteiger charge is 2.67. The molecule has 31 heavy (non-hydrogen) atoms. The summed E-state index contributed by atoms with van der Waals surface area (Å²) in [7, 11) is 1.23. The number of oxime groups is 1. The molecule has 0 aromatic heterocycles. The van der Waals surface area contributed by atoms with Crippen molar-refractivity contribution in [2.45, 2.75) is 25.1 Å². The number of hydrogen-bond acceptors (Lipinski definition) is 5. The number of carbonyl (C=O) groups is 1. The van der Waals surface area contributed by atoms with Crippen LogP contribution >= 0.6 is 23.2 Å². The predicted octanol–water partition coefficient (Wildman–Crippen LogP) is 5.28. The third-order valence-electron chi connectivity index (χ3n) is 5.17. The van der Waals surface area contributed by atoms with Crippen molar-refractivity contribution in [3.05, 3.63) is 68.7 Å². The Kier molecular flexibility index (Phi) is 6.55. The van der Waals surface area contributed by atoms with Crippen LogP contribution in [-0.2, 0) is 15.2 Å². The summed E-state index contributed by atoms with van der Waals surface area (Å²) in [5.41, 5.74) is -2.14. The van der Waals surface area contributed by atoms with Gasteiger partial charge in [-0.3, -0.25) is 0 Å². The molecule has 0 aliphatic carbocycles. The summed E-state index contributed by atoms with van der Waals surface area (Å²) in [6.45, 7) is 1.08. The summed E-state index contributed by atoms with van der Waals surface area (Å²) in [5.74, 6) is -1.96. The largest absolute Gasteiger partial charge is 0.465 e. The van der Waals surface area contributed by atoms with Gasteiger partial charge < -0.3 is 14.7 Å². The van der Waals surface area contributed by atoms with Gasteiger partial charge >= 0.3 is 12.1 Å². The number of hydrogen-bond donors (Lipinski definition) is 1. The molecule has 10 heteroatoms. The molecule has 3 rings (SSSR count). The van der Waals surface area contributed by atoms with Gasteiger partial charge in [0.05, 0.1) is 24.3 Å². The number of aryl methyl sites for hydroxylation is 1. The van der Waals surface area contributed by atoms with Crippen LogP contribution in [0.2, 0.25) is 10.0 Å². The molecule has 2 unspecified atom stereocenters. The molecule has 2 aromatic carbocycles. The molecular weight excluding hydrogens is 458 g/mol. The number of ether oxygens (including phenoxy) is 1. The summed E-state index contributed by atoms with van der Waals surface area (Å²) in [4.78, 5) is 16.9. The second-order valence-corrected chi connectivity index (χ2v) is 7.92. The molecule has 0 fully saturated rings. The zero-order valence-electron chi connectivity index (χ0n) is 16.5. The van der Waals surface area contributed by atoms with Crippen molar-refractivity contribution >= 4 is 34.9 Å². The molecule has 0 saturated carbocycles. The number of halogens is 5. The normalized spacial score (nSPS) is 20.9. The number of methoxy groups -OCH3 is 1. The average Bonchev–Trinajstić information content (AvgIpc) is 3.07. The van der Waals surface area contributed by atoms with Gasteiger partial charge in [-0.2, -0.15) is 13.2 Å². The second-order valence-electron chi connectivity index (χ2n) is 7.05. The minimum absolute atomic E-state index is 0.00389. The van der Waals surface area contributed by atoms with Gasteiger partial charge in [0, 0.05) is 27.8 Å². The molecule has 1 aliphatic rings. The third-order valence-corrected chi connectivity index (χ3v) is 5.60. The molecule has 0 amide bonds. The monoisotopic (exact) mass is 475 g/mol. The van der Waals surface area contributed by atoms with Crippen LogP contribution in [0.5, 0.6) is 0 Å². The van der Waals surface area contributed by atoms with E-state index in [2.05, 4.69) is 5.16 Å². The summed E-state index contributed by atoms with van der Waals surface area (Å²) >= 11 is 11.9. The quantitative estimate of drug-likeness (QED) is 0.597. The first kappa shape index (κ1) is 23.4. The van der Waals surface area contributed by atoms with E-state index in [0.717, 1.165) is 12.1 Å². The number of nitrogens with zero attached hydrogens (tertiary/aromatic N) is 1. The van der Waals surface area contributed by atoms with Gasteiger partial charge in [0.1, 0.15) is 0 Å². The number of carbonyl (C=O) groups excluding carboxylic acids is 1. The summed E-state index contributed by atoms with van der Waals surface area (Å²) in [6, 6.07) is 7.98. The van der Waals surface area contributed by atoms with Crippen molar-refractivity contribution in [1.29, 1.82) is 0 Å². The van der Waals surface area contributed by atoms with Crippen LogP contribution in [0.15, 0.2) is 41.6 Å². The third kappa shape index (κ3) is 4.12. The molecule has 2 aromatic rings. The van der Waals surface area contributed by atoms with E-state index < -0.39 is 30.3 Å². The van der Waals surface area contributed by atoms with E-state index >= 15 is 0 Å². The standard InChI is InChI=1S/C21H18Cl2F3NO4/c1-11-7-12(3-4-16(11)19(29)30-2)18-17(5-6-28)20(31-27-18,21(24,25)26)13-8-14(22)10-15(23)9-13/h3-4,7-10,17,28H,5-6H2,1-2H3. The van der Waals surface area contributed by atoms with E-state index in [1.54, 1.807) is 6.92 Å². The molecule has 0 spiro atoms. The lowest BCUT2D eigenvalue weighted by Crippen LogP contribution is -2.49. The first-order valence-corrected chi connectivity index (χ1v) is 9.90. The van der Waals surface area contributed by atoms with Crippen LogP contribution in [0.3, 0.4) is 0 Å². The predicted molar refractivity (Wildman–Crippen MR) is 110 cm³/mol. The van der Waals surface area contributed by atoms with Crippen LogP contribution in [0.1, 0.15) is 33.5 Å². The van der Waals surface area contributed by atoms with E-state index in [4.69, 9.17) is 32.8 Å². The van der Waals surface area contributed by atoms with Gasteiger partial charge in [0.15, 0.2) is 0 Å². The first-order valence-electron chi connectivity index (χ1n) is 9.14. The first-order chi connectivity index (χ1) is 14.5. The Morgan fingerprint density at radius 1 is 1.23 bits per heavy atom. The number of alkyl halides is 3. The number of rotatable bonds is 5. The minimum atomic E-state index is -4.91. The van der Waals surface area contributed by atoms with Crippen LogP contribution in [0, 0.1) is 12.8 Å². The number of benzene rings is 2. The van der Waals surface area contributed by atoms with E-state index in [9.17, 15) is 23.1 Å². The lowest BCUT2D eigenvalue weighted by Gasteiger charge is -2.35. The lowest BCUT2D eigenvalue weighted by atomic mass is 9.75. The van der Waals surface area contributed by atoms with Gasteiger partial charge in [-0.15, -0.1) is 0 Å². The molecule has 2 atom stereocenters. The van der Waals surface area contributed by atoms with Gasteiger partial charge in [-0.25, -0.2) is 4.79 Å². The lowest BCUT2D eigenvalue weighted by molar-refractivity contribution is -0.290. The highest BCUT2D eigenvalue weighted by molar-refractivity contribution is 6.34. The van der Waals surface area contributed by atoms with Gasteiger partial charge in [-0.1, -0.05) is 34.4 Å². The number of esters is 1. The molecule has 0 bridgehead atoms. The van der Waals surface area contributed by atoms with Crippen LogP contribution in [0.25, 0.3) is 0 Å². The Labute approximate surface area is 186 Å². The molecule has 5 nitrogen and oxygen atoms in total. The smallest absolute Gasteiger partial charge is 0.436 e. The van der Waals surface area contributed by atoms with E-state index in [0.29, 0.717) is 11.1 Å². The molecular formula is C21H18Cl2F3NO4. The summed E-state index contributed by atoms with van der Waals surface area (Å²) in [5, 5.41) is 13.3. The Bertz CT molecular complexity index is 1020. The maximum absolute atomic E-state index is 14.5.